The Hall–Kier alpha value is -2.99. The molecule has 3 aromatic rings. The number of carbonyl (C=O) groups is 1. The first kappa shape index (κ1) is 15.9. The summed E-state index contributed by atoms with van der Waals surface area (Å²) in [5, 5.41) is 10.9. The fourth-order valence-electron chi connectivity index (χ4n) is 2.42. The van der Waals surface area contributed by atoms with E-state index in [0.29, 0.717) is 5.69 Å². The highest BCUT2D eigenvalue weighted by atomic mass is 16.3. The van der Waals surface area contributed by atoms with Gasteiger partial charge in [-0.15, -0.1) is 0 Å². The molecule has 0 aliphatic carbocycles. The molecule has 0 atom stereocenters. The van der Waals surface area contributed by atoms with Gasteiger partial charge in [-0.05, 0) is 32.1 Å². The fraction of sp³-hybridized carbons (Fsp3) is 0.167. The van der Waals surface area contributed by atoms with Crippen LogP contribution < -0.4 is 5.73 Å². The maximum atomic E-state index is 10.9. The number of carbonyl (C=O) groups excluding carboxylic acids is 1. The van der Waals surface area contributed by atoms with Gasteiger partial charge in [0.15, 0.2) is 0 Å². The first-order chi connectivity index (χ1) is 11.3. The molecular formula is C18H18N4O2. The molecule has 6 nitrogen and oxygen atoms in total. The minimum absolute atomic E-state index is 0.500. The summed E-state index contributed by atoms with van der Waals surface area (Å²) in [7, 11) is 0. The largest absolute Gasteiger partial charge is 0.384 e. The fourth-order valence-corrected chi connectivity index (χ4v) is 2.42. The van der Waals surface area contributed by atoms with Gasteiger partial charge in [0.05, 0.1) is 5.69 Å². The number of H-pyrrole nitrogens is 1. The van der Waals surface area contributed by atoms with Gasteiger partial charge >= 0.3 is 0 Å². The molecular weight excluding hydrogens is 304 g/mol. The number of primary amides is 1. The van der Waals surface area contributed by atoms with Gasteiger partial charge in [0.1, 0.15) is 11.2 Å². The molecule has 3 heterocycles. The third-order valence-electron chi connectivity index (χ3n) is 3.71. The van der Waals surface area contributed by atoms with Crippen LogP contribution in [0.15, 0.2) is 42.9 Å². The third-order valence-corrected chi connectivity index (χ3v) is 3.71. The number of amides is 1. The van der Waals surface area contributed by atoms with Crippen LogP contribution in [0.5, 0.6) is 0 Å². The van der Waals surface area contributed by atoms with E-state index in [0.717, 1.165) is 27.7 Å². The van der Waals surface area contributed by atoms with Crippen molar-refractivity contribution in [1.82, 2.24) is 15.0 Å². The summed E-state index contributed by atoms with van der Waals surface area (Å²) >= 11 is 0. The molecule has 0 aliphatic heterocycles. The van der Waals surface area contributed by atoms with E-state index in [1.165, 1.54) is 6.08 Å². The molecule has 0 fully saturated rings. The second-order valence-electron chi connectivity index (χ2n) is 6.09. The van der Waals surface area contributed by atoms with Gasteiger partial charge in [-0.1, -0.05) is 6.07 Å². The smallest absolute Gasteiger partial charge is 0.241 e. The molecule has 0 unspecified atom stereocenters. The van der Waals surface area contributed by atoms with Crippen molar-refractivity contribution in [3.05, 3.63) is 54.1 Å². The lowest BCUT2D eigenvalue weighted by Gasteiger charge is -2.16. The van der Waals surface area contributed by atoms with Crippen LogP contribution in [0.1, 0.15) is 25.1 Å². The SMILES string of the molecule is CC(C)(O)c1ccc(-c2cnc3[nH]cc(/C=C/C(N)=O)c3c2)cn1. The van der Waals surface area contributed by atoms with Crippen molar-refractivity contribution in [3.8, 4) is 11.1 Å². The van der Waals surface area contributed by atoms with Gasteiger partial charge in [-0.25, -0.2) is 4.98 Å². The third kappa shape index (κ3) is 3.18. The van der Waals surface area contributed by atoms with Crippen LogP contribution in [0.2, 0.25) is 0 Å². The van der Waals surface area contributed by atoms with Gasteiger partial charge in [-0.3, -0.25) is 9.78 Å². The lowest BCUT2D eigenvalue weighted by atomic mass is 10.0. The second kappa shape index (κ2) is 5.90. The Morgan fingerprint density at radius 3 is 2.62 bits per heavy atom. The Morgan fingerprint density at radius 2 is 2.00 bits per heavy atom. The summed E-state index contributed by atoms with van der Waals surface area (Å²) in [6.07, 6.45) is 8.21. The number of aromatic amines is 1. The number of aromatic nitrogens is 3. The molecule has 0 saturated heterocycles. The minimum Gasteiger partial charge on any atom is -0.384 e. The molecule has 1 amide bonds. The normalized spacial score (nSPS) is 12.1. The van der Waals surface area contributed by atoms with Crippen LogP contribution in [0.3, 0.4) is 0 Å². The molecule has 0 aliphatic rings. The molecule has 6 heteroatoms. The predicted octanol–water partition coefficient (Wildman–Crippen LogP) is 2.35. The van der Waals surface area contributed by atoms with Gasteiger partial charge < -0.3 is 15.8 Å². The topological polar surface area (TPSA) is 105 Å². The van der Waals surface area contributed by atoms with E-state index in [1.807, 2.05) is 12.1 Å². The molecule has 0 bridgehead atoms. The maximum absolute atomic E-state index is 10.9. The number of hydrogen-bond acceptors (Lipinski definition) is 4. The predicted molar refractivity (Wildman–Crippen MR) is 92.8 cm³/mol. The van der Waals surface area contributed by atoms with Gasteiger partial charge in [-0.2, -0.15) is 0 Å². The molecule has 4 N–H and O–H groups in total. The minimum atomic E-state index is -0.978. The number of nitrogens with two attached hydrogens (primary N) is 1. The summed E-state index contributed by atoms with van der Waals surface area (Å²) in [6, 6.07) is 5.67. The van der Waals surface area contributed by atoms with Gasteiger partial charge in [0.25, 0.3) is 0 Å². The van der Waals surface area contributed by atoms with Crippen molar-refractivity contribution < 1.29 is 9.90 Å². The van der Waals surface area contributed by atoms with Crippen LogP contribution in [0, 0.1) is 0 Å². The molecule has 3 rings (SSSR count). The first-order valence-corrected chi connectivity index (χ1v) is 7.48. The van der Waals surface area contributed by atoms with Crippen LogP contribution in [-0.2, 0) is 10.4 Å². The van der Waals surface area contributed by atoms with Crippen molar-refractivity contribution in [2.75, 3.05) is 0 Å². The van der Waals surface area contributed by atoms with E-state index >= 15 is 0 Å². The van der Waals surface area contributed by atoms with E-state index in [9.17, 15) is 9.90 Å². The number of rotatable bonds is 4. The molecule has 0 radical (unpaired) electrons. The molecule has 0 saturated carbocycles. The highest BCUT2D eigenvalue weighted by Gasteiger charge is 2.17. The summed E-state index contributed by atoms with van der Waals surface area (Å²) < 4.78 is 0. The number of nitrogens with one attached hydrogen (secondary N) is 1. The Kier molecular flexibility index (Phi) is 3.91. The number of fused-ring (bicyclic) bond motifs is 1. The molecule has 3 aromatic heterocycles. The van der Waals surface area contributed by atoms with Crippen molar-refractivity contribution >= 4 is 23.0 Å². The standard InChI is InChI=1S/C18H18N4O2/c1-18(2,24)15-5-3-11(8-20-15)13-7-14-12(4-6-16(19)23)9-21-17(14)22-10-13/h3-10,24H,1-2H3,(H2,19,23)(H,21,22)/b6-4+. The van der Waals surface area contributed by atoms with Crippen molar-refractivity contribution in [2.45, 2.75) is 19.4 Å². The number of aliphatic hydroxyl groups is 1. The van der Waals surface area contributed by atoms with Gasteiger partial charge in [0, 0.05) is 46.7 Å². The van der Waals surface area contributed by atoms with Gasteiger partial charge in [0.2, 0.25) is 5.91 Å². The summed E-state index contributed by atoms with van der Waals surface area (Å²) in [5.74, 6) is -0.500. The van der Waals surface area contributed by atoms with E-state index in [2.05, 4.69) is 15.0 Å². The number of nitrogens with zero attached hydrogens (tertiary/aromatic N) is 2. The molecule has 0 aromatic carbocycles. The zero-order valence-corrected chi connectivity index (χ0v) is 13.4. The highest BCUT2D eigenvalue weighted by molar-refractivity contribution is 5.95. The van der Waals surface area contributed by atoms with E-state index in [1.54, 1.807) is 44.6 Å². The lowest BCUT2D eigenvalue weighted by Crippen LogP contribution is -2.17. The van der Waals surface area contributed by atoms with Crippen molar-refractivity contribution in [2.24, 2.45) is 5.73 Å². The molecule has 122 valence electrons. The number of pyridine rings is 2. The van der Waals surface area contributed by atoms with Crippen molar-refractivity contribution in [1.29, 1.82) is 0 Å². The number of hydrogen-bond donors (Lipinski definition) is 3. The van der Waals surface area contributed by atoms with E-state index in [-0.39, 0.29) is 0 Å². The summed E-state index contributed by atoms with van der Waals surface area (Å²) in [5.41, 5.74) is 8.11. The first-order valence-electron chi connectivity index (χ1n) is 7.48. The lowest BCUT2D eigenvalue weighted by molar-refractivity contribution is -0.113. The average molecular weight is 322 g/mol. The summed E-state index contributed by atoms with van der Waals surface area (Å²) in [6.45, 7) is 3.39. The Labute approximate surface area is 139 Å². The molecule has 24 heavy (non-hydrogen) atoms. The van der Waals surface area contributed by atoms with E-state index < -0.39 is 11.5 Å². The Balaban J connectivity index is 2.01. The zero-order valence-electron chi connectivity index (χ0n) is 13.4. The van der Waals surface area contributed by atoms with Crippen LogP contribution in [-0.4, -0.2) is 26.0 Å². The molecule has 0 spiro atoms. The second-order valence-corrected chi connectivity index (χ2v) is 6.09. The highest BCUT2D eigenvalue weighted by Crippen LogP contribution is 2.26. The Morgan fingerprint density at radius 1 is 1.25 bits per heavy atom. The van der Waals surface area contributed by atoms with Crippen LogP contribution in [0.25, 0.3) is 28.2 Å². The average Bonchev–Trinajstić information content (AvgIpc) is 2.94. The van der Waals surface area contributed by atoms with E-state index in [4.69, 9.17) is 5.73 Å². The zero-order chi connectivity index (χ0) is 17.3. The monoisotopic (exact) mass is 322 g/mol. The quantitative estimate of drug-likeness (QED) is 0.641. The Bertz CT molecular complexity index is 918. The maximum Gasteiger partial charge on any atom is 0.241 e. The summed E-state index contributed by atoms with van der Waals surface area (Å²) in [4.78, 5) is 22.7. The van der Waals surface area contributed by atoms with Crippen molar-refractivity contribution in [3.63, 3.8) is 0 Å². The van der Waals surface area contributed by atoms with Crippen LogP contribution >= 0.6 is 0 Å². The van der Waals surface area contributed by atoms with Crippen LogP contribution in [0.4, 0.5) is 0 Å².